The van der Waals surface area contributed by atoms with E-state index < -0.39 is 11.0 Å². The Bertz CT molecular complexity index is 1210. The first-order valence-electron chi connectivity index (χ1n) is 11.5. The lowest BCUT2D eigenvalue weighted by molar-refractivity contribution is -0.384. The standard InChI is InChI=1S/C27H27N3O5/c1-3-19-4-6-20(7-5-19)21-8-10-22(11-9-21)26(31)28(2)24-16-17-29(18-24)27(32)35-25-14-12-23(13-15-25)30(33)34/h4-15,24H,3,16-18H2,1-2H3/t24-/m0/s1. The van der Waals surface area contributed by atoms with Crippen molar-refractivity contribution < 1.29 is 19.2 Å². The molecule has 0 aliphatic carbocycles. The Kier molecular flexibility index (Phi) is 7.10. The van der Waals surface area contributed by atoms with E-state index in [9.17, 15) is 19.7 Å². The number of ether oxygens (including phenoxy) is 1. The van der Waals surface area contributed by atoms with Crippen molar-refractivity contribution in [2.24, 2.45) is 0 Å². The molecule has 0 aromatic heterocycles. The molecule has 0 spiro atoms. The van der Waals surface area contributed by atoms with Crippen molar-refractivity contribution in [2.45, 2.75) is 25.8 Å². The van der Waals surface area contributed by atoms with E-state index in [1.807, 2.05) is 24.3 Å². The predicted octanol–water partition coefficient (Wildman–Crippen LogP) is 5.17. The van der Waals surface area contributed by atoms with Crippen LogP contribution < -0.4 is 4.74 Å². The molecule has 1 saturated heterocycles. The number of nitrogens with zero attached hydrogens (tertiary/aromatic N) is 3. The van der Waals surface area contributed by atoms with Crippen LogP contribution in [0.25, 0.3) is 11.1 Å². The lowest BCUT2D eigenvalue weighted by Gasteiger charge is -2.25. The fourth-order valence-electron chi connectivity index (χ4n) is 4.13. The predicted molar refractivity (Wildman–Crippen MR) is 132 cm³/mol. The van der Waals surface area contributed by atoms with Crippen LogP contribution in [0.1, 0.15) is 29.3 Å². The summed E-state index contributed by atoms with van der Waals surface area (Å²) in [6, 6.07) is 21.2. The van der Waals surface area contributed by atoms with Gasteiger partial charge in [-0.05, 0) is 53.8 Å². The molecule has 8 nitrogen and oxygen atoms in total. The molecule has 0 bridgehead atoms. The molecule has 0 saturated carbocycles. The SMILES string of the molecule is CCc1ccc(-c2ccc(C(=O)N(C)[C@H]3CCN(C(=O)Oc4ccc([N+](=O)[O-])cc4)C3)cc2)cc1. The largest absolute Gasteiger partial charge is 0.415 e. The van der Waals surface area contributed by atoms with Crippen molar-refractivity contribution in [3.8, 4) is 16.9 Å². The van der Waals surface area contributed by atoms with Gasteiger partial charge in [-0.25, -0.2) is 4.79 Å². The monoisotopic (exact) mass is 473 g/mol. The summed E-state index contributed by atoms with van der Waals surface area (Å²) >= 11 is 0. The minimum absolute atomic E-state index is 0.0754. The highest BCUT2D eigenvalue weighted by Crippen LogP contribution is 2.23. The summed E-state index contributed by atoms with van der Waals surface area (Å²) in [6.45, 7) is 2.94. The number of nitro benzene ring substituents is 1. The van der Waals surface area contributed by atoms with Gasteiger partial charge in [0, 0.05) is 37.8 Å². The summed E-state index contributed by atoms with van der Waals surface area (Å²) in [6.07, 6.45) is 1.09. The number of rotatable bonds is 6. The Hall–Kier alpha value is -4.20. The third-order valence-corrected chi connectivity index (χ3v) is 6.37. The Morgan fingerprint density at radius 2 is 1.60 bits per heavy atom. The van der Waals surface area contributed by atoms with Crippen molar-refractivity contribution in [1.82, 2.24) is 9.80 Å². The quantitative estimate of drug-likeness (QED) is 0.364. The number of non-ortho nitro benzene ring substituents is 1. The number of nitro groups is 1. The van der Waals surface area contributed by atoms with Gasteiger partial charge in [0.05, 0.1) is 11.0 Å². The van der Waals surface area contributed by atoms with Crippen LogP contribution in [0.5, 0.6) is 5.75 Å². The van der Waals surface area contributed by atoms with Crippen molar-refractivity contribution in [2.75, 3.05) is 20.1 Å². The number of likely N-dealkylation sites (tertiary alicyclic amines) is 1. The highest BCUT2D eigenvalue weighted by atomic mass is 16.6. The lowest BCUT2D eigenvalue weighted by Crippen LogP contribution is -2.40. The van der Waals surface area contributed by atoms with Crippen LogP contribution in [-0.4, -0.2) is 52.9 Å². The third-order valence-electron chi connectivity index (χ3n) is 6.37. The maximum absolute atomic E-state index is 13.1. The first kappa shape index (κ1) is 23.9. The summed E-state index contributed by atoms with van der Waals surface area (Å²) < 4.78 is 5.34. The van der Waals surface area contributed by atoms with Crippen LogP contribution in [0.2, 0.25) is 0 Å². The fraction of sp³-hybridized carbons (Fsp3) is 0.259. The van der Waals surface area contributed by atoms with Crippen LogP contribution >= 0.6 is 0 Å². The molecule has 1 aliphatic heterocycles. The summed E-state index contributed by atoms with van der Waals surface area (Å²) in [5, 5.41) is 10.8. The second-order valence-corrected chi connectivity index (χ2v) is 8.55. The van der Waals surface area contributed by atoms with Crippen molar-refractivity contribution in [1.29, 1.82) is 0 Å². The minimum Gasteiger partial charge on any atom is -0.410 e. The Morgan fingerprint density at radius 1 is 1.00 bits per heavy atom. The zero-order chi connectivity index (χ0) is 24.9. The number of carbonyl (C=O) groups is 2. The number of amides is 2. The molecule has 1 fully saturated rings. The molecule has 8 heteroatoms. The molecule has 3 aromatic carbocycles. The van der Waals surface area contributed by atoms with Crippen molar-refractivity contribution in [3.05, 3.63) is 94.0 Å². The van der Waals surface area contributed by atoms with Gasteiger partial charge in [-0.1, -0.05) is 43.3 Å². The molecular weight excluding hydrogens is 446 g/mol. The van der Waals surface area contributed by atoms with Gasteiger partial charge in [-0.15, -0.1) is 0 Å². The summed E-state index contributed by atoms with van der Waals surface area (Å²) in [5.74, 6) is 0.131. The smallest absolute Gasteiger partial charge is 0.410 e. The van der Waals surface area contributed by atoms with Gasteiger partial charge >= 0.3 is 6.09 Å². The van der Waals surface area contributed by atoms with Gasteiger partial charge < -0.3 is 14.5 Å². The molecule has 0 radical (unpaired) electrons. The number of likely N-dealkylation sites (N-methyl/N-ethyl adjacent to an activating group) is 1. The van der Waals surface area contributed by atoms with Gasteiger partial charge in [0.15, 0.2) is 0 Å². The van der Waals surface area contributed by atoms with Crippen LogP contribution in [-0.2, 0) is 6.42 Å². The van der Waals surface area contributed by atoms with E-state index in [0.29, 0.717) is 25.1 Å². The van der Waals surface area contributed by atoms with E-state index in [-0.39, 0.29) is 23.4 Å². The van der Waals surface area contributed by atoms with E-state index >= 15 is 0 Å². The molecule has 180 valence electrons. The van der Waals surface area contributed by atoms with Gasteiger partial charge in [0.2, 0.25) is 0 Å². The minimum atomic E-state index is -0.541. The number of carbonyl (C=O) groups excluding carboxylic acids is 2. The van der Waals surface area contributed by atoms with Crippen LogP contribution in [0.3, 0.4) is 0 Å². The summed E-state index contributed by atoms with van der Waals surface area (Å²) in [4.78, 5) is 39.0. The van der Waals surface area contributed by atoms with Gasteiger partial charge in [-0.2, -0.15) is 0 Å². The Morgan fingerprint density at radius 3 is 2.17 bits per heavy atom. The van der Waals surface area contributed by atoms with Gasteiger partial charge in [-0.3, -0.25) is 14.9 Å². The molecule has 0 N–H and O–H groups in total. The molecule has 1 aliphatic rings. The highest BCUT2D eigenvalue weighted by Gasteiger charge is 2.32. The molecule has 2 amide bonds. The van der Waals surface area contributed by atoms with E-state index in [4.69, 9.17) is 4.74 Å². The zero-order valence-electron chi connectivity index (χ0n) is 19.7. The number of hydrogen-bond acceptors (Lipinski definition) is 5. The van der Waals surface area contributed by atoms with Crippen LogP contribution in [0, 0.1) is 10.1 Å². The van der Waals surface area contributed by atoms with Gasteiger partial charge in [0.1, 0.15) is 5.75 Å². The Labute approximate surface area is 203 Å². The second kappa shape index (κ2) is 10.4. The second-order valence-electron chi connectivity index (χ2n) is 8.55. The van der Waals surface area contributed by atoms with E-state index in [0.717, 1.165) is 17.5 Å². The molecule has 0 unspecified atom stereocenters. The van der Waals surface area contributed by atoms with Crippen LogP contribution in [0.15, 0.2) is 72.8 Å². The number of hydrogen-bond donors (Lipinski definition) is 0. The fourth-order valence-corrected chi connectivity index (χ4v) is 4.13. The normalized spacial score (nSPS) is 15.0. The van der Waals surface area contributed by atoms with E-state index in [2.05, 4.69) is 31.2 Å². The average Bonchev–Trinajstić information content (AvgIpc) is 3.39. The zero-order valence-corrected chi connectivity index (χ0v) is 19.7. The molecule has 1 atom stereocenters. The topological polar surface area (TPSA) is 93.0 Å². The number of aryl methyl sites for hydroxylation is 1. The summed E-state index contributed by atoms with van der Waals surface area (Å²) in [7, 11) is 1.75. The average molecular weight is 474 g/mol. The molecule has 1 heterocycles. The third kappa shape index (κ3) is 5.48. The summed E-state index contributed by atoms with van der Waals surface area (Å²) in [5.41, 5.74) is 3.95. The lowest BCUT2D eigenvalue weighted by atomic mass is 10.0. The first-order valence-corrected chi connectivity index (χ1v) is 11.5. The van der Waals surface area contributed by atoms with Crippen molar-refractivity contribution >= 4 is 17.7 Å². The van der Waals surface area contributed by atoms with E-state index in [1.165, 1.54) is 29.8 Å². The van der Waals surface area contributed by atoms with Gasteiger partial charge in [0.25, 0.3) is 11.6 Å². The highest BCUT2D eigenvalue weighted by molar-refractivity contribution is 5.94. The molecule has 35 heavy (non-hydrogen) atoms. The molecule has 3 aromatic rings. The van der Waals surface area contributed by atoms with Crippen LogP contribution in [0.4, 0.5) is 10.5 Å². The number of benzene rings is 3. The molecular formula is C27H27N3O5. The first-order chi connectivity index (χ1) is 16.9. The molecule has 4 rings (SSSR count). The maximum Gasteiger partial charge on any atom is 0.415 e. The Balaban J connectivity index is 1.34. The van der Waals surface area contributed by atoms with E-state index in [1.54, 1.807) is 16.8 Å². The maximum atomic E-state index is 13.1. The van der Waals surface area contributed by atoms with Crippen molar-refractivity contribution in [3.63, 3.8) is 0 Å².